The van der Waals surface area contributed by atoms with Crippen molar-refractivity contribution in [1.82, 2.24) is 4.90 Å². The Morgan fingerprint density at radius 2 is 2.10 bits per heavy atom. The Labute approximate surface area is 114 Å². The fourth-order valence-corrected chi connectivity index (χ4v) is 1.62. The van der Waals surface area contributed by atoms with Gasteiger partial charge in [0.1, 0.15) is 11.4 Å². The predicted molar refractivity (Wildman–Crippen MR) is 66.5 cm³/mol. The molecule has 0 spiro atoms. The van der Waals surface area contributed by atoms with E-state index in [1.165, 1.54) is 14.2 Å². The molecule has 0 aliphatic carbocycles. The van der Waals surface area contributed by atoms with Crippen LogP contribution < -0.4 is 0 Å². The zero-order valence-electron chi connectivity index (χ0n) is 11.1. The van der Waals surface area contributed by atoms with E-state index in [0.29, 0.717) is 25.2 Å². The Balaban J connectivity index is 3.03. The summed E-state index contributed by atoms with van der Waals surface area (Å²) in [6.07, 6.45) is 0.483. The fraction of sp³-hybridized carbons (Fsp3) is 0.417. The van der Waals surface area contributed by atoms with Crippen LogP contribution in [-0.2, 0) is 4.74 Å². The number of nitro groups is 1. The second-order valence-electron chi connectivity index (χ2n) is 4.09. The predicted octanol–water partition coefficient (Wildman–Crippen LogP) is 1.98. The highest BCUT2D eigenvalue weighted by molar-refractivity contribution is 5.95. The molecule has 0 N–H and O–H groups in total. The number of nitro benzene ring substituents is 1. The molecule has 0 bridgehead atoms. The average Bonchev–Trinajstić information content (AvgIpc) is 2.38. The van der Waals surface area contributed by atoms with Crippen LogP contribution >= 0.6 is 0 Å². The van der Waals surface area contributed by atoms with E-state index in [4.69, 9.17) is 4.74 Å². The zero-order valence-corrected chi connectivity index (χ0v) is 11.1. The van der Waals surface area contributed by atoms with Gasteiger partial charge >= 0.3 is 5.69 Å². The van der Waals surface area contributed by atoms with Crippen LogP contribution in [0.15, 0.2) is 12.1 Å². The fourth-order valence-electron chi connectivity index (χ4n) is 1.62. The first-order chi connectivity index (χ1) is 9.40. The van der Waals surface area contributed by atoms with Gasteiger partial charge in [-0.05, 0) is 12.5 Å². The minimum Gasteiger partial charge on any atom is -0.385 e. The number of benzene rings is 1. The SMILES string of the molecule is COCCCN(C)C(=O)c1c(F)ccc([N+](=O)[O-])c1F. The number of hydrogen-bond acceptors (Lipinski definition) is 4. The zero-order chi connectivity index (χ0) is 15.3. The molecule has 0 aliphatic heterocycles. The summed E-state index contributed by atoms with van der Waals surface area (Å²) in [6.45, 7) is 0.603. The Hall–Kier alpha value is -2.09. The van der Waals surface area contributed by atoms with Crippen LogP contribution in [0.5, 0.6) is 0 Å². The highest BCUT2D eigenvalue weighted by atomic mass is 19.1. The van der Waals surface area contributed by atoms with E-state index < -0.39 is 33.7 Å². The quantitative estimate of drug-likeness (QED) is 0.456. The number of carbonyl (C=O) groups excluding carboxylic acids is 1. The monoisotopic (exact) mass is 288 g/mol. The third-order valence-corrected chi connectivity index (χ3v) is 2.67. The van der Waals surface area contributed by atoms with Crippen molar-refractivity contribution in [2.45, 2.75) is 6.42 Å². The van der Waals surface area contributed by atoms with Gasteiger partial charge in [-0.3, -0.25) is 14.9 Å². The molecular weight excluding hydrogens is 274 g/mol. The molecule has 0 saturated carbocycles. The molecule has 1 aromatic rings. The van der Waals surface area contributed by atoms with E-state index in [0.717, 1.165) is 4.90 Å². The van der Waals surface area contributed by atoms with Gasteiger partial charge in [0.05, 0.1) is 4.92 Å². The molecule has 8 heteroatoms. The van der Waals surface area contributed by atoms with Crippen LogP contribution in [0.25, 0.3) is 0 Å². The largest absolute Gasteiger partial charge is 0.385 e. The number of rotatable bonds is 6. The van der Waals surface area contributed by atoms with E-state index in [1.54, 1.807) is 0 Å². The van der Waals surface area contributed by atoms with Crippen LogP contribution in [0.2, 0.25) is 0 Å². The van der Waals surface area contributed by atoms with E-state index in [2.05, 4.69) is 0 Å². The number of hydrogen-bond donors (Lipinski definition) is 0. The second-order valence-corrected chi connectivity index (χ2v) is 4.09. The van der Waals surface area contributed by atoms with Gasteiger partial charge in [0.2, 0.25) is 5.82 Å². The summed E-state index contributed by atoms with van der Waals surface area (Å²) in [5, 5.41) is 10.6. The molecule has 20 heavy (non-hydrogen) atoms. The molecule has 1 amide bonds. The van der Waals surface area contributed by atoms with Crippen molar-refractivity contribution < 1.29 is 23.2 Å². The van der Waals surface area contributed by atoms with Gasteiger partial charge in [0.25, 0.3) is 5.91 Å². The third-order valence-electron chi connectivity index (χ3n) is 2.67. The first-order valence-corrected chi connectivity index (χ1v) is 5.77. The maximum Gasteiger partial charge on any atom is 0.305 e. The molecule has 0 heterocycles. The van der Waals surface area contributed by atoms with Gasteiger partial charge in [-0.15, -0.1) is 0 Å². The molecule has 0 aromatic heterocycles. The van der Waals surface area contributed by atoms with Crippen LogP contribution in [0.1, 0.15) is 16.8 Å². The van der Waals surface area contributed by atoms with Gasteiger partial charge in [-0.25, -0.2) is 4.39 Å². The van der Waals surface area contributed by atoms with Gasteiger partial charge in [-0.2, -0.15) is 4.39 Å². The van der Waals surface area contributed by atoms with Gasteiger partial charge in [0, 0.05) is 33.4 Å². The maximum absolute atomic E-state index is 13.8. The number of methoxy groups -OCH3 is 1. The van der Waals surface area contributed by atoms with E-state index >= 15 is 0 Å². The molecular formula is C12H14F2N2O4. The summed E-state index contributed by atoms with van der Waals surface area (Å²) in [5.41, 5.74) is -1.85. The van der Waals surface area contributed by atoms with Crippen molar-refractivity contribution in [1.29, 1.82) is 0 Å². The number of carbonyl (C=O) groups is 1. The molecule has 6 nitrogen and oxygen atoms in total. The van der Waals surface area contributed by atoms with Crippen LogP contribution in [0.3, 0.4) is 0 Å². The second kappa shape index (κ2) is 6.90. The molecule has 110 valence electrons. The van der Waals surface area contributed by atoms with E-state index in [9.17, 15) is 23.7 Å². The van der Waals surface area contributed by atoms with Gasteiger partial charge < -0.3 is 9.64 Å². The summed E-state index contributed by atoms with van der Waals surface area (Å²) in [6, 6.07) is 1.39. The van der Waals surface area contributed by atoms with Crippen LogP contribution in [0.4, 0.5) is 14.5 Å². The highest BCUT2D eigenvalue weighted by Gasteiger charge is 2.27. The lowest BCUT2D eigenvalue weighted by molar-refractivity contribution is -0.387. The number of amides is 1. The summed E-state index contributed by atoms with van der Waals surface area (Å²) in [4.78, 5) is 22.6. The molecule has 0 radical (unpaired) electrons. The van der Waals surface area contributed by atoms with Gasteiger partial charge in [0.15, 0.2) is 0 Å². The number of nitrogens with zero attached hydrogens (tertiary/aromatic N) is 2. The van der Waals surface area contributed by atoms with Crippen LogP contribution in [-0.4, -0.2) is 43.0 Å². The molecule has 0 aliphatic rings. The Morgan fingerprint density at radius 1 is 1.45 bits per heavy atom. The summed E-state index contributed by atoms with van der Waals surface area (Å²) < 4.78 is 32.2. The highest BCUT2D eigenvalue weighted by Crippen LogP contribution is 2.24. The van der Waals surface area contributed by atoms with Gasteiger partial charge in [-0.1, -0.05) is 0 Å². The number of ether oxygens (including phenoxy) is 1. The molecule has 1 rings (SSSR count). The Bertz CT molecular complexity index is 522. The minimum atomic E-state index is -1.46. The maximum atomic E-state index is 13.8. The average molecular weight is 288 g/mol. The molecule has 0 unspecified atom stereocenters. The van der Waals surface area contributed by atoms with E-state index in [-0.39, 0.29) is 6.54 Å². The summed E-state index contributed by atoms with van der Waals surface area (Å²) in [5.74, 6) is -3.53. The lowest BCUT2D eigenvalue weighted by Gasteiger charge is -2.17. The smallest absolute Gasteiger partial charge is 0.305 e. The summed E-state index contributed by atoms with van der Waals surface area (Å²) in [7, 11) is 2.84. The first-order valence-electron chi connectivity index (χ1n) is 5.77. The van der Waals surface area contributed by atoms with Crippen molar-refractivity contribution in [3.05, 3.63) is 39.4 Å². The molecule has 0 fully saturated rings. The lowest BCUT2D eigenvalue weighted by atomic mass is 10.1. The standard InChI is InChI=1S/C12H14F2N2O4/c1-15(6-3-7-20-2)12(17)10-8(13)4-5-9(11(10)14)16(18)19/h4-5H,3,6-7H2,1-2H3. The van der Waals surface area contributed by atoms with Crippen LogP contribution in [0, 0.1) is 21.7 Å². The van der Waals surface area contributed by atoms with Crippen molar-refractivity contribution in [3.63, 3.8) is 0 Å². The van der Waals surface area contributed by atoms with Crippen molar-refractivity contribution in [2.24, 2.45) is 0 Å². The molecule has 0 atom stereocenters. The molecule has 0 saturated heterocycles. The van der Waals surface area contributed by atoms with Crippen molar-refractivity contribution in [3.8, 4) is 0 Å². The normalized spacial score (nSPS) is 10.4. The van der Waals surface area contributed by atoms with Crippen molar-refractivity contribution >= 4 is 11.6 Å². The number of halogens is 2. The lowest BCUT2D eigenvalue weighted by Crippen LogP contribution is -2.30. The summed E-state index contributed by atoms with van der Waals surface area (Å²) >= 11 is 0. The van der Waals surface area contributed by atoms with Crippen molar-refractivity contribution in [2.75, 3.05) is 27.3 Å². The first kappa shape index (κ1) is 16.0. The third kappa shape index (κ3) is 3.47. The minimum absolute atomic E-state index is 0.217. The Kier molecular flexibility index (Phi) is 5.51. The topological polar surface area (TPSA) is 72.7 Å². The van der Waals surface area contributed by atoms with E-state index in [1.807, 2.05) is 0 Å². The molecule has 1 aromatic carbocycles. The Morgan fingerprint density at radius 3 is 2.65 bits per heavy atom.